The van der Waals surface area contributed by atoms with Gasteiger partial charge in [0.1, 0.15) is 11.4 Å². The molecule has 28 heavy (non-hydrogen) atoms. The molecule has 1 aromatic heterocycles. The van der Waals surface area contributed by atoms with Crippen LogP contribution in [-0.4, -0.2) is 45.7 Å². The van der Waals surface area contributed by atoms with Crippen molar-refractivity contribution in [1.82, 2.24) is 20.1 Å². The van der Waals surface area contributed by atoms with Crippen LogP contribution in [-0.2, 0) is 22.5 Å². The lowest BCUT2D eigenvalue weighted by Gasteiger charge is -2.21. The molecule has 1 saturated carbocycles. The second kappa shape index (κ2) is 9.71. The maximum absolute atomic E-state index is 12.4. The minimum absolute atomic E-state index is 0.139. The number of aromatic nitrogens is 3. The van der Waals surface area contributed by atoms with Gasteiger partial charge in [-0.15, -0.1) is 10.2 Å². The third kappa shape index (κ3) is 5.12. The van der Waals surface area contributed by atoms with Crippen molar-refractivity contribution in [2.45, 2.75) is 49.3 Å². The van der Waals surface area contributed by atoms with Crippen molar-refractivity contribution in [3.63, 3.8) is 0 Å². The molecule has 0 spiro atoms. The summed E-state index contributed by atoms with van der Waals surface area (Å²) in [5.41, 5.74) is 0.458. The zero-order valence-corrected chi connectivity index (χ0v) is 16.9. The van der Waals surface area contributed by atoms with Crippen LogP contribution in [0.5, 0.6) is 0 Å². The summed E-state index contributed by atoms with van der Waals surface area (Å²) < 4.78 is 7.22. The molecule has 1 aliphatic carbocycles. The number of nitriles is 1. The molecule has 7 nitrogen and oxygen atoms in total. The summed E-state index contributed by atoms with van der Waals surface area (Å²) in [7, 11) is 1.66. The van der Waals surface area contributed by atoms with E-state index >= 15 is 0 Å². The third-order valence-electron chi connectivity index (χ3n) is 4.90. The van der Waals surface area contributed by atoms with Gasteiger partial charge in [-0.1, -0.05) is 42.1 Å². The van der Waals surface area contributed by atoms with Gasteiger partial charge in [-0.3, -0.25) is 4.79 Å². The lowest BCUT2D eigenvalue weighted by atomic mass is 10.0. The van der Waals surface area contributed by atoms with Gasteiger partial charge in [-0.25, -0.2) is 0 Å². The second-order valence-electron chi connectivity index (χ2n) is 6.94. The molecule has 2 aromatic rings. The zero-order valence-electron chi connectivity index (χ0n) is 16.1. The molecule has 3 rings (SSSR count). The highest BCUT2D eigenvalue weighted by Gasteiger charge is 2.35. The third-order valence-corrected chi connectivity index (χ3v) is 5.87. The summed E-state index contributed by atoms with van der Waals surface area (Å²) in [6.45, 7) is 1.16. The van der Waals surface area contributed by atoms with E-state index in [9.17, 15) is 10.1 Å². The molecule has 0 atom stereocenters. The van der Waals surface area contributed by atoms with Crippen molar-refractivity contribution in [2.24, 2.45) is 0 Å². The maximum atomic E-state index is 12.4. The second-order valence-corrected chi connectivity index (χ2v) is 7.89. The first-order valence-electron chi connectivity index (χ1n) is 9.46. The first-order chi connectivity index (χ1) is 13.7. The predicted molar refractivity (Wildman–Crippen MR) is 107 cm³/mol. The first-order valence-corrected chi connectivity index (χ1v) is 10.4. The van der Waals surface area contributed by atoms with Crippen molar-refractivity contribution in [3.05, 3.63) is 41.7 Å². The van der Waals surface area contributed by atoms with E-state index in [-0.39, 0.29) is 11.7 Å². The topological polar surface area (TPSA) is 92.8 Å². The fourth-order valence-corrected chi connectivity index (χ4v) is 4.20. The number of carbonyl (C=O) groups is 1. The van der Waals surface area contributed by atoms with Gasteiger partial charge in [-0.05, 0) is 31.2 Å². The van der Waals surface area contributed by atoms with Crippen LogP contribution in [0.3, 0.4) is 0 Å². The highest BCUT2D eigenvalue weighted by molar-refractivity contribution is 7.99. The molecule has 8 heteroatoms. The Balaban J connectivity index is 1.65. The number of carbonyl (C=O) groups excluding carboxylic acids is 1. The van der Waals surface area contributed by atoms with Crippen molar-refractivity contribution in [1.29, 1.82) is 5.26 Å². The molecule has 148 valence electrons. The smallest absolute Gasteiger partial charge is 0.231 e. The van der Waals surface area contributed by atoms with Crippen molar-refractivity contribution in [2.75, 3.05) is 19.5 Å². The summed E-state index contributed by atoms with van der Waals surface area (Å²) >= 11 is 1.34. The quantitative estimate of drug-likeness (QED) is 0.652. The van der Waals surface area contributed by atoms with E-state index in [0.717, 1.165) is 37.1 Å². The SMILES string of the molecule is COCCn1c(Cc2ccccc2)nnc1SCC(=O)NC1(C#N)CCCC1. The number of nitrogens with zero attached hydrogens (tertiary/aromatic N) is 4. The minimum Gasteiger partial charge on any atom is -0.383 e. The van der Waals surface area contributed by atoms with E-state index in [4.69, 9.17) is 4.74 Å². The monoisotopic (exact) mass is 399 g/mol. The van der Waals surface area contributed by atoms with Gasteiger partial charge in [0, 0.05) is 20.1 Å². The van der Waals surface area contributed by atoms with Crippen LogP contribution in [0.2, 0.25) is 0 Å². The predicted octanol–water partition coefficient (Wildman–Crippen LogP) is 2.56. The van der Waals surface area contributed by atoms with Gasteiger partial charge < -0.3 is 14.6 Å². The van der Waals surface area contributed by atoms with Gasteiger partial charge in [0.25, 0.3) is 0 Å². The fourth-order valence-electron chi connectivity index (χ4n) is 3.42. The molecular formula is C20H25N5O2S. The summed E-state index contributed by atoms with van der Waals surface area (Å²) in [5, 5.41) is 21.6. The van der Waals surface area contributed by atoms with Crippen LogP contribution in [0, 0.1) is 11.3 Å². The van der Waals surface area contributed by atoms with Gasteiger partial charge in [0.15, 0.2) is 5.16 Å². The number of hydrogen-bond acceptors (Lipinski definition) is 6. The van der Waals surface area contributed by atoms with E-state index in [2.05, 4.69) is 33.7 Å². The number of rotatable bonds is 9. The van der Waals surface area contributed by atoms with Crippen molar-refractivity contribution in [3.8, 4) is 6.07 Å². The molecule has 1 amide bonds. The lowest BCUT2D eigenvalue weighted by molar-refractivity contribution is -0.119. The molecule has 0 unspecified atom stereocenters. The standard InChI is InChI=1S/C20H25N5O2S/c1-27-12-11-25-17(13-16-7-3-2-4-8-16)23-24-19(25)28-14-18(26)22-20(15-21)9-5-6-10-20/h2-4,7-8H,5-6,9-14H2,1H3,(H,22,26). The number of methoxy groups -OCH3 is 1. The van der Waals surface area contributed by atoms with Crippen molar-refractivity contribution < 1.29 is 9.53 Å². The van der Waals surface area contributed by atoms with Crippen LogP contribution in [0.1, 0.15) is 37.1 Å². The Hall–Kier alpha value is -2.37. The maximum Gasteiger partial charge on any atom is 0.231 e. The van der Waals surface area contributed by atoms with Crippen LogP contribution in [0.4, 0.5) is 0 Å². The summed E-state index contributed by atoms with van der Waals surface area (Å²) in [5.74, 6) is 0.912. The Morgan fingerprint density at radius 3 is 2.75 bits per heavy atom. The lowest BCUT2D eigenvalue weighted by Crippen LogP contribution is -2.45. The van der Waals surface area contributed by atoms with Crippen LogP contribution >= 0.6 is 11.8 Å². The van der Waals surface area contributed by atoms with Crippen LogP contribution < -0.4 is 5.32 Å². The van der Waals surface area contributed by atoms with E-state index in [1.165, 1.54) is 11.8 Å². The molecule has 0 saturated heterocycles. The summed E-state index contributed by atoms with van der Waals surface area (Å²) in [4.78, 5) is 12.4. The molecule has 0 bridgehead atoms. The van der Waals surface area contributed by atoms with Gasteiger partial charge >= 0.3 is 0 Å². The number of benzene rings is 1. The largest absolute Gasteiger partial charge is 0.383 e. The Labute approximate surface area is 169 Å². The molecule has 0 radical (unpaired) electrons. The van der Waals surface area contributed by atoms with Crippen LogP contribution in [0.15, 0.2) is 35.5 Å². The number of ether oxygens (including phenoxy) is 1. The van der Waals surface area contributed by atoms with E-state index in [0.29, 0.717) is 24.7 Å². The Kier molecular flexibility index (Phi) is 7.06. The summed E-state index contributed by atoms with van der Waals surface area (Å²) in [6, 6.07) is 12.4. The summed E-state index contributed by atoms with van der Waals surface area (Å²) in [6.07, 6.45) is 4.09. The fraction of sp³-hybridized carbons (Fsp3) is 0.500. The normalized spacial score (nSPS) is 15.3. The Morgan fingerprint density at radius 1 is 1.32 bits per heavy atom. The van der Waals surface area contributed by atoms with Gasteiger partial charge in [0.2, 0.25) is 5.91 Å². The van der Waals surface area contributed by atoms with Crippen LogP contribution in [0.25, 0.3) is 0 Å². The molecule has 1 fully saturated rings. The zero-order chi connectivity index (χ0) is 19.8. The molecular weight excluding hydrogens is 374 g/mol. The average molecular weight is 400 g/mol. The Morgan fingerprint density at radius 2 is 2.07 bits per heavy atom. The average Bonchev–Trinajstić information content (AvgIpc) is 3.33. The minimum atomic E-state index is -0.695. The number of nitrogens with one attached hydrogen (secondary N) is 1. The molecule has 1 heterocycles. The molecule has 0 aliphatic heterocycles. The number of thioether (sulfide) groups is 1. The molecule has 1 aromatic carbocycles. The van der Waals surface area contributed by atoms with Gasteiger partial charge in [-0.2, -0.15) is 5.26 Å². The highest BCUT2D eigenvalue weighted by atomic mass is 32.2. The number of hydrogen-bond donors (Lipinski definition) is 1. The molecule has 1 aliphatic rings. The first kappa shape index (κ1) is 20.4. The van der Waals surface area contributed by atoms with E-state index in [1.54, 1.807) is 7.11 Å². The van der Waals surface area contributed by atoms with E-state index in [1.807, 2.05) is 22.8 Å². The highest BCUT2D eigenvalue weighted by Crippen LogP contribution is 2.29. The van der Waals surface area contributed by atoms with E-state index < -0.39 is 5.54 Å². The van der Waals surface area contributed by atoms with Crippen molar-refractivity contribution >= 4 is 17.7 Å². The Bertz CT molecular complexity index is 825. The molecule has 1 N–H and O–H groups in total. The van der Waals surface area contributed by atoms with Gasteiger partial charge in [0.05, 0.1) is 18.4 Å². The number of amides is 1.